The average molecular weight is 519 g/mol. The number of carbonyl (C=O) groups excluding carboxylic acids is 1. The van der Waals surface area contributed by atoms with Crippen LogP contribution in [0.5, 0.6) is 0 Å². The summed E-state index contributed by atoms with van der Waals surface area (Å²) in [6, 6.07) is 0.0214. The van der Waals surface area contributed by atoms with E-state index in [-0.39, 0.29) is 11.8 Å². The zero-order chi connectivity index (χ0) is 25.4. The third-order valence-electron chi connectivity index (χ3n) is 5.71. The Kier molecular flexibility index (Phi) is 6.30. The van der Waals surface area contributed by atoms with E-state index in [2.05, 4.69) is 35.8 Å². The molecule has 4 heterocycles. The lowest BCUT2D eigenvalue weighted by Crippen LogP contribution is -2.22. The molecule has 0 aliphatic heterocycles. The van der Waals surface area contributed by atoms with Gasteiger partial charge in [-0.3, -0.25) is 0 Å². The number of nitrogens with one attached hydrogen (secondary N) is 2. The number of amides is 2. The standard InChI is InChI=1S/C22H21F3N8O2S/c1-11-30-18-17(16(35-2)7-12-3-4-12)15(10-27-20(18)36-11)32-21(34)31-13-8-14(22(23,24)25)19(26-9-13)33-28-5-6-29-33/h5-6,8-10,12,16H,3-4,7H2,1-2H3,(H2,31,32,34). The van der Waals surface area contributed by atoms with Crippen LogP contribution in [0.3, 0.4) is 0 Å². The number of thiazole rings is 1. The fourth-order valence-corrected chi connectivity index (χ4v) is 4.69. The summed E-state index contributed by atoms with van der Waals surface area (Å²) in [5, 5.41) is 13.4. The van der Waals surface area contributed by atoms with Crippen LogP contribution in [-0.2, 0) is 10.9 Å². The van der Waals surface area contributed by atoms with E-state index >= 15 is 0 Å². The van der Waals surface area contributed by atoms with E-state index in [1.807, 2.05) is 6.92 Å². The van der Waals surface area contributed by atoms with Crippen LogP contribution in [-0.4, -0.2) is 43.1 Å². The molecule has 0 aromatic carbocycles. The number of methoxy groups -OCH3 is 1. The Bertz CT molecular complexity index is 1400. The first kappa shape index (κ1) is 24.1. The molecule has 2 N–H and O–H groups in total. The number of pyridine rings is 2. The predicted octanol–water partition coefficient (Wildman–Crippen LogP) is 5.13. The van der Waals surface area contributed by atoms with Gasteiger partial charge in [-0.2, -0.15) is 23.4 Å². The van der Waals surface area contributed by atoms with Crippen molar-refractivity contribution in [2.75, 3.05) is 17.7 Å². The van der Waals surface area contributed by atoms with Crippen LogP contribution in [0, 0.1) is 12.8 Å². The summed E-state index contributed by atoms with van der Waals surface area (Å²) in [6.45, 7) is 1.87. The highest BCUT2D eigenvalue weighted by Crippen LogP contribution is 2.43. The molecular weight excluding hydrogens is 497 g/mol. The molecule has 188 valence electrons. The first-order chi connectivity index (χ1) is 17.2. The van der Waals surface area contributed by atoms with Gasteiger partial charge in [0.15, 0.2) is 5.82 Å². The SMILES string of the molecule is COC(CC1CC1)c1c(NC(=O)Nc2cnc(-n3nccn3)c(C(F)(F)F)c2)cnc2sc(C)nc12. The molecule has 14 heteroatoms. The third-order valence-corrected chi connectivity index (χ3v) is 6.59. The molecule has 0 radical (unpaired) electrons. The second kappa shape index (κ2) is 9.43. The summed E-state index contributed by atoms with van der Waals surface area (Å²) in [7, 11) is 1.60. The first-order valence-corrected chi connectivity index (χ1v) is 11.9. The summed E-state index contributed by atoms with van der Waals surface area (Å²) >= 11 is 1.43. The third kappa shape index (κ3) is 4.99. The van der Waals surface area contributed by atoms with Crippen LogP contribution >= 0.6 is 11.3 Å². The molecule has 36 heavy (non-hydrogen) atoms. The van der Waals surface area contributed by atoms with Crippen LogP contribution in [0.2, 0.25) is 0 Å². The van der Waals surface area contributed by atoms with E-state index < -0.39 is 23.6 Å². The van der Waals surface area contributed by atoms with Gasteiger partial charge < -0.3 is 15.4 Å². The van der Waals surface area contributed by atoms with E-state index in [0.717, 1.165) is 41.3 Å². The fourth-order valence-electron chi connectivity index (χ4n) is 3.92. The number of urea groups is 1. The van der Waals surface area contributed by atoms with Crippen molar-refractivity contribution >= 4 is 39.1 Å². The Labute approximate surface area is 206 Å². The van der Waals surface area contributed by atoms with Crippen LogP contribution in [0.25, 0.3) is 16.2 Å². The summed E-state index contributed by atoms with van der Waals surface area (Å²) in [5.74, 6) is 0.0338. The van der Waals surface area contributed by atoms with Gasteiger partial charge >= 0.3 is 12.2 Å². The topological polar surface area (TPSA) is 120 Å². The second-order valence-electron chi connectivity index (χ2n) is 8.37. The molecular formula is C22H21F3N8O2S. The number of halogens is 3. The quantitative estimate of drug-likeness (QED) is 0.348. The van der Waals surface area contributed by atoms with Crippen molar-refractivity contribution in [1.29, 1.82) is 0 Å². The molecule has 1 aliphatic rings. The van der Waals surface area contributed by atoms with Gasteiger partial charge in [-0.15, -0.1) is 4.80 Å². The number of rotatable bonds is 7. The maximum atomic E-state index is 13.7. The normalized spacial score (nSPS) is 14.7. The summed E-state index contributed by atoms with van der Waals surface area (Å²) in [4.78, 5) is 27.1. The molecule has 1 aliphatic carbocycles. The van der Waals surface area contributed by atoms with E-state index in [4.69, 9.17) is 4.74 Å². The highest BCUT2D eigenvalue weighted by Gasteiger charge is 2.36. The number of alkyl halides is 3. The Morgan fingerprint density at radius 2 is 1.97 bits per heavy atom. The van der Waals surface area contributed by atoms with Crippen LogP contribution in [0.4, 0.5) is 29.3 Å². The lowest BCUT2D eigenvalue weighted by Gasteiger charge is -2.20. The number of ether oxygens (including phenoxy) is 1. The monoisotopic (exact) mass is 518 g/mol. The average Bonchev–Trinajstić information content (AvgIpc) is 3.31. The van der Waals surface area contributed by atoms with Crippen molar-refractivity contribution in [2.24, 2.45) is 5.92 Å². The minimum Gasteiger partial charge on any atom is -0.377 e. The van der Waals surface area contributed by atoms with Gasteiger partial charge in [-0.1, -0.05) is 24.2 Å². The van der Waals surface area contributed by atoms with Crippen molar-refractivity contribution in [3.63, 3.8) is 0 Å². The number of hydrogen-bond acceptors (Lipinski definition) is 8. The lowest BCUT2D eigenvalue weighted by atomic mass is 10.0. The van der Waals surface area contributed by atoms with Crippen LogP contribution in [0.15, 0.2) is 30.9 Å². The van der Waals surface area contributed by atoms with Crippen molar-refractivity contribution in [2.45, 2.75) is 38.5 Å². The smallest absolute Gasteiger partial charge is 0.377 e. The summed E-state index contributed by atoms with van der Waals surface area (Å²) in [5.41, 5.74) is 0.460. The Morgan fingerprint density at radius 1 is 1.22 bits per heavy atom. The number of aromatic nitrogens is 6. The highest BCUT2D eigenvalue weighted by atomic mass is 32.1. The molecule has 1 unspecified atom stereocenters. The molecule has 0 spiro atoms. The molecule has 0 bridgehead atoms. The fraction of sp³-hybridized carbons (Fsp3) is 0.364. The Morgan fingerprint density at radius 3 is 2.64 bits per heavy atom. The largest absolute Gasteiger partial charge is 0.420 e. The molecule has 0 saturated heterocycles. The zero-order valence-corrected chi connectivity index (χ0v) is 20.0. The lowest BCUT2D eigenvalue weighted by molar-refractivity contribution is -0.137. The predicted molar refractivity (Wildman–Crippen MR) is 126 cm³/mol. The van der Waals surface area contributed by atoms with Crippen molar-refractivity contribution in [3.05, 3.63) is 47.0 Å². The van der Waals surface area contributed by atoms with Gasteiger partial charge in [0.1, 0.15) is 15.9 Å². The number of hydrogen-bond donors (Lipinski definition) is 2. The Balaban J connectivity index is 1.43. The first-order valence-electron chi connectivity index (χ1n) is 11.0. The molecule has 4 aromatic heterocycles. The van der Waals surface area contributed by atoms with E-state index in [1.54, 1.807) is 7.11 Å². The number of nitrogens with zero attached hydrogens (tertiary/aromatic N) is 6. The number of carbonyl (C=O) groups is 1. The maximum absolute atomic E-state index is 13.7. The van der Waals surface area contributed by atoms with Crippen molar-refractivity contribution in [1.82, 2.24) is 29.9 Å². The Hall–Kier alpha value is -3.65. The summed E-state index contributed by atoms with van der Waals surface area (Å²) in [6.07, 6.45) is 3.03. The van der Waals surface area contributed by atoms with Gasteiger partial charge in [0.2, 0.25) is 0 Å². The highest BCUT2D eigenvalue weighted by molar-refractivity contribution is 7.18. The number of anilines is 2. The summed E-state index contributed by atoms with van der Waals surface area (Å²) < 4.78 is 46.8. The maximum Gasteiger partial charge on any atom is 0.420 e. The zero-order valence-electron chi connectivity index (χ0n) is 19.2. The van der Waals surface area contributed by atoms with Crippen molar-refractivity contribution in [3.8, 4) is 5.82 Å². The van der Waals surface area contributed by atoms with Crippen molar-refractivity contribution < 1.29 is 22.7 Å². The molecule has 1 atom stereocenters. The molecule has 1 fully saturated rings. The van der Waals surface area contributed by atoms with Crippen LogP contribution in [0.1, 0.15) is 41.5 Å². The van der Waals surface area contributed by atoms with Gasteiger partial charge in [-0.25, -0.2) is 19.7 Å². The van der Waals surface area contributed by atoms with E-state index in [0.29, 0.717) is 27.5 Å². The molecule has 5 rings (SSSR count). The molecule has 1 saturated carbocycles. The van der Waals surface area contributed by atoms with Gasteiger partial charge in [-0.05, 0) is 25.3 Å². The molecule has 2 amide bonds. The number of aryl methyl sites for hydroxylation is 1. The van der Waals surface area contributed by atoms with E-state index in [9.17, 15) is 18.0 Å². The van der Waals surface area contributed by atoms with Gasteiger partial charge in [0.05, 0.1) is 47.3 Å². The van der Waals surface area contributed by atoms with Gasteiger partial charge in [0.25, 0.3) is 0 Å². The minimum absolute atomic E-state index is 0.155. The van der Waals surface area contributed by atoms with E-state index in [1.165, 1.54) is 29.9 Å². The minimum atomic E-state index is -4.75. The molecule has 10 nitrogen and oxygen atoms in total. The second-order valence-corrected chi connectivity index (χ2v) is 9.55. The molecule has 4 aromatic rings. The van der Waals surface area contributed by atoms with Crippen LogP contribution < -0.4 is 10.6 Å². The number of fused-ring (bicyclic) bond motifs is 1. The van der Waals surface area contributed by atoms with Gasteiger partial charge in [0, 0.05) is 12.7 Å².